The monoisotopic (exact) mass is 143 g/mol. The molecule has 0 aromatic rings. The molecule has 0 radical (unpaired) electrons. The lowest BCUT2D eigenvalue weighted by Gasteiger charge is -1.96. The summed E-state index contributed by atoms with van der Waals surface area (Å²) >= 11 is 0. The van der Waals surface area contributed by atoms with Gasteiger partial charge in [-0.15, -0.1) is 0 Å². The first-order valence-electron chi connectivity index (χ1n) is 3.28. The largest absolute Gasteiger partial charge is 0.481 e. The Bertz CT molecular complexity index is 116. The van der Waals surface area contributed by atoms with Crippen molar-refractivity contribution in [1.82, 2.24) is 0 Å². The number of hydrogen-bond acceptors (Lipinski definition) is 2. The van der Waals surface area contributed by atoms with Crippen molar-refractivity contribution in [3.05, 3.63) is 12.3 Å². The van der Waals surface area contributed by atoms with Crippen LogP contribution in [0.5, 0.6) is 0 Å². The third-order valence-corrected chi connectivity index (χ3v) is 1.14. The summed E-state index contributed by atoms with van der Waals surface area (Å²) in [6.07, 6.45) is 2.47. The summed E-state index contributed by atoms with van der Waals surface area (Å²) in [5, 5.41) is 8.23. The number of allylic oxidation sites excluding steroid dienone is 1. The summed E-state index contributed by atoms with van der Waals surface area (Å²) in [4.78, 5) is 9.99. The summed E-state index contributed by atoms with van der Waals surface area (Å²) in [6.45, 7) is 3.50. The lowest BCUT2D eigenvalue weighted by atomic mass is 10.2. The van der Waals surface area contributed by atoms with Crippen LogP contribution in [0.4, 0.5) is 0 Å². The Morgan fingerprint density at radius 1 is 1.40 bits per heavy atom. The molecule has 0 aromatic carbocycles. The lowest BCUT2D eigenvalue weighted by molar-refractivity contribution is -0.137. The second-order valence-electron chi connectivity index (χ2n) is 2.26. The molecule has 0 aliphatic carbocycles. The molecule has 0 saturated carbocycles. The maximum absolute atomic E-state index is 9.99. The van der Waals surface area contributed by atoms with Gasteiger partial charge in [0.1, 0.15) is 0 Å². The number of carboxylic acids is 1. The number of carboxylic acid groups (broad SMARTS) is 1. The van der Waals surface area contributed by atoms with Crippen molar-refractivity contribution in [2.24, 2.45) is 5.73 Å². The molecule has 0 atom stereocenters. The highest BCUT2D eigenvalue weighted by molar-refractivity contribution is 5.66. The van der Waals surface area contributed by atoms with Crippen LogP contribution >= 0.6 is 0 Å². The van der Waals surface area contributed by atoms with Crippen molar-refractivity contribution < 1.29 is 9.90 Å². The molecule has 0 unspecified atom stereocenters. The maximum Gasteiger partial charge on any atom is 0.303 e. The average molecular weight is 143 g/mol. The number of rotatable bonds is 5. The molecule has 0 amide bonds. The van der Waals surface area contributed by atoms with Crippen molar-refractivity contribution in [2.45, 2.75) is 25.7 Å². The first-order valence-corrected chi connectivity index (χ1v) is 3.28. The molecule has 0 fully saturated rings. The lowest BCUT2D eigenvalue weighted by Crippen LogP contribution is -1.97. The van der Waals surface area contributed by atoms with E-state index in [1.807, 2.05) is 0 Å². The van der Waals surface area contributed by atoms with Crippen LogP contribution in [0.2, 0.25) is 0 Å². The molecule has 10 heavy (non-hydrogen) atoms. The summed E-state index contributed by atoms with van der Waals surface area (Å²) in [6, 6.07) is 0. The van der Waals surface area contributed by atoms with Crippen molar-refractivity contribution in [2.75, 3.05) is 0 Å². The van der Waals surface area contributed by atoms with Gasteiger partial charge in [-0.25, -0.2) is 0 Å². The molecule has 0 aliphatic heterocycles. The Morgan fingerprint density at radius 3 is 2.30 bits per heavy atom. The normalized spacial score (nSPS) is 9.20. The van der Waals surface area contributed by atoms with Crippen molar-refractivity contribution in [1.29, 1.82) is 0 Å². The van der Waals surface area contributed by atoms with Crippen molar-refractivity contribution in [3.63, 3.8) is 0 Å². The minimum Gasteiger partial charge on any atom is -0.481 e. The summed E-state index contributed by atoms with van der Waals surface area (Å²) in [5.74, 6) is -0.748. The zero-order valence-electron chi connectivity index (χ0n) is 5.97. The predicted octanol–water partition coefficient (Wildman–Crippen LogP) is 1.10. The molecule has 0 aliphatic rings. The van der Waals surface area contributed by atoms with Crippen LogP contribution in [-0.4, -0.2) is 11.1 Å². The summed E-state index contributed by atoms with van der Waals surface area (Å²) < 4.78 is 0. The van der Waals surface area contributed by atoms with Gasteiger partial charge in [0.2, 0.25) is 0 Å². The van der Waals surface area contributed by atoms with Crippen LogP contribution in [0.1, 0.15) is 25.7 Å². The number of nitrogens with two attached hydrogens (primary N) is 1. The van der Waals surface area contributed by atoms with Gasteiger partial charge in [0.15, 0.2) is 0 Å². The van der Waals surface area contributed by atoms with Gasteiger partial charge in [-0.2, -0.15) is 0 Å². The van der Waals surface area contributed by atoms with E-state index in [1.165, 1.54) is 0 Å². The second-order valence-corrected chi connectivity index (χ2v) is 2.26. The van der Waals surface area contributed by atoms with Crippen molar-refractivity contribution >= 4 is 5.97 Å². The Kier molecular flexibility index (Phi) is 4.37. The number of aliphatic carboxylic acids is 1. The van der Waals surface area contributed by atoms with E-state index in [-0.39, 0.29) is 6.42 Å². The van der Waals surface area contributed by atoms with E-state index in [0.29, 0.717) is 12.1 Å². The highest BCUT2D eigenvalue weighted by Gasteiger charge is 1.95. The van der Waals surface area contributed by atoms with E-state index in [1.54, 1.807) is 0 Å². The fourth-order valence-corrected chi connectivity index (χ4v) is 0.628. The Morgan fingerprint density at radius 2 is 1.90 bits per heavy atom. The fraction of sp³-hybridized carbons (Fsp3) is 0.571. The van der Waals surface area contributed by atoms with Crippen LogP contribution in [0.25, 0.3) is 0 Å². The molecule has 58 valence electrons. The van der Waals surface area contributed by atoms with Gasteiger partial charge in [-0.05, 0) is 19.3 Å². The molecule has 0 rings (SSSR count). The molecule has 3 heteroatoms. The predicted molar refractivity (Wildman–Crippen MR) is 39.4 cm³/mol. The standard InChI is InChI=1S/C7H13NO2/c1-6(8)4-2-3-5-7(9)10/h1-5,8H2,(H,9,10). The first-order chi connectivity index (χ1) is 4.63. The van der Waals surface area contributed by atoms with Gasteiger partial charge >= 0.3 is 5.97 Å². The first kappa shape index (κ1) is 9.01. The van der Waals surface area contributed by atoms with E-state index >= 15 is 0 Å². The molecule has 0 aromatic heterocycles. The minimum absolute atomic E-state index is 0.229. The smallest absolute Gasteiger partial charge is 0.303 e. The molecule has 3 N–H and O–H groups in total. The quantitative estimate of drug-likeness (QED) is 0.566. The van der Waals surface area contributed by atoms with E-state index in [2.05, 4.69) is 6.58 Å². The SMILES string of the molecule is C=C(N)CCCCC(=O)O. The topological polar surface area (TPSA) is 63.3 Å². The van der Waals surface area contributed by atoms with E-state index in [4.69, 9.17) is 10.8 Å². The number of carbonyl (C=O) groups is 1. The maximum atomic E-state index is 9.99. The highest BCUT2D eigenvalue weighted by Crippen LogP contribution is 2.02. The molecule has 3 nitrogen and oxygen atoms in total. The van der Waals surface area contributed by atoms with Gasteiger partial charge in [0.25, 0.3) is 0 Å². The van der Waals surface area contributed by atoms with Gasteiger partial charge < -0.3 is 10.8 Å². The Labute approximate surface area is 60.5 Å². The number of unbranched alkanes of at least 4 members (excludes halogenated alkanes) is 1. The molecule has 0 saturated heterocycles. The third kappa shape index (κ3) is 7.01. The molecule has 0 spiro atoms. The van der Waals surface area contributed by atoms with Crippen LogP contribution in [-0.2, 0) is 4.79 Å². The van der Waals surface area contributed by atoms with Crippen LogP contribution in [0, 0.1) is 0 Å². The van der Waals surface area contributed by atoms with Gasteiger partial charge in [0.05, 0.1) is 0 Å². The molecular weight excluding hydrogens is 130 g/mol. The minimum atomic E-state index is -0.748. The zero-order chi connectivity index (χ0) is 7.98. The summed E-state index contributed by atoms with van der Waals surface area (Å²) in [7, 11) is 0. The third-order valence-electron chi connectivity index (χ3n) is 1.14. The van der Waals surface area contributed by atoms with E-state index in [0.717, 1.165) is 12.8 Å². The number of hydrogen-bond donors (Lipinski definition) is 2. The van der Waals surface area contributed by atoms with Crippen LogP contribution in [0.15, 0.2) is 12.3 Å². The van der Waals surface area contributed by atoms with Crippen LogP contribution in [0.3, 0.4) is 0 Å². The molecular formula is C7H13NO2. The van der Waals surface area contributed by atoms with Crippen molar-refractivity contribution in [3.8, 4) is 0 Å². The average Bonchev–Trinajstić information content (AvgIpc) is 1.79. The van der Waals surface area contributed by atoms with E-state index in [9.17, 15) is 4.79 Å². The van der Waals surface area contributed by atoms with Gasteiger partial charge in [0, 0.05) is 12.1 Å². The Hall–Kier alpha value is -0.990. The van der Waals surface area contributed by atoms with E-state index < -0.39 is 5.97 Å². The fourth-order valence-electron chi connectivity index (χ4n) is 0.628. The Balaban J connectivity index is 3.06. The van der Waals surface area contributed by atoms with Gasteiger partial charge in [-0.1, -0.05) is 6.58 Å². The zero-order valence-corrected chi connectivity index (χ0v) is 5.97. The van der Waals surface area contributed by atoms with Gasteiger partial charge in [-0.3, -0.25) is 4.79 Å². The summed E-state index contributed by atoms with van der Waals surface area (Å²) in [5.41, 5.74) is 5.90. The van der Waals surface area contributed by atoms with Crippen LogP contribution < -0.4 is 5.73 Å². The molecule has 0 bridgehead atoms. The molecule has 0 heterocycles. The highest BCUT2D eigenvalue weighted by atomic mass is 16.4. The second kappa shape index (κ2) is 4.85.